The van der Waals surface area contributed by atoms with Crippen LogP contribution in [0.3, 0.4) is 0 Å². The lowest BCUT2D eigenvalue weighted by molar-refractivity contribution is -0.175. The van der Waals surface area contributed by atoms with Crippen molar-refractivity contribution in [2.45, 2.75) is 13.1 Å². The third-order valence-corrected chi connectivity index (χ3v) is 2.52. The predicted molar refractivity (Wildman–Crippen MR) is 52.8 cm³/mol. The van der Waals surface area contributed by atoms with Gasteiger partial charge in [0.25, 0.3) is 0 Å². The number of hydrogen-bond acceptors (Lipinski definition) is 2. The van der Waals surface area contributed by atoms with Crippen LogP contribution in [0.1, 0.15) is 6.92 Å². The Labute approximate surface area is 94.5 Å². The van der Waals surface area contributed by atoms with Gasteiger partial charge in [-0.15, -0.1) is 0 Å². The van der Waals surface area contributed by atoms with Gasteiger partial charge in [0, 0.05) is 11.9 Å². The van der Waals surface area contributed by atoms with Crippen molar-refractivity contribution in [3.8, 4) is 0 Å². The van der Waals surface area contributed by atoms with E-state index in [1.165, 1.54) is 0 Å². The number of hydrogen-bond donors (Lipinski definition) is 1. The summed E-state index contributed by atoms with van der Waals surface area (Å²) < 4.78 is 39.0. The third kappa shape index (κ3) is 9.99. The highest BCUT2D eigenvalue weighted by Gasteiger charge is 2.27. The first-order chi connectivity index (χ1) is 6.85. The van der Waals surface area contributed by atoms with Crippen molar-refractivity contribution in [1.82, 2.24) is 5.32 Å². The largest absolute Gasteiger partial charge is 0.411 e. The van der Waals surface area contributed by atoms with Gasteiger partial charge in [-0.25, -0.2) is 0 Å². The Morgan fingerprint density at radius 2 is 2.13 bits per heavy atom. The highest BCUT2D eigenvalue weighted by molar-refractivity contribution is 9.09. The van der Waals surface area contributed by atoms with Crippen LogP contribution in [-0.4, -0.2) is 37.2 Å². The summed E-state index contributed by atoms with van der Waals surface area (Å²) in [5.41, 5.74) is 0. The van der Waals surface area contributed by atoms with Gasteiger partial charge in [-0.1, -0.05) is 22.9 Å². The monoisotopic (exact) mass is 291 g/mol. The zero-order valence-electron chi connectivity index (χ0n) is 8.23. The Balaban J connectivity index is 3.50. The molecule has 0 aliphatic carbocycles. The second-order valence-corrected chi connectivity index (χ2v) is 3.82. The van der Waals surface area contributed by atoms with E-state index in [1.54, 1.807) is 0 Å². The fourth-order valence-corrected chi connectivity index (χ4v) is 0.882. The van der Waals surface area contributed by atoms with Gasteiger partial charge in [0.15, 0.2) is 0 Å². The number of carbonyl (C=O) groups is 1. The molecule has 0 aromatic heterocycles. The molecule has 0 saturated carbocycles. The Morgan fingerprint density at radius 1 is 1.53 bits per heavy atom. The molecular formula is C8H13BrF3NO2. The summed E-state index contributed by atoms with van der Waals surface area (Å²) in [5.74, 6) is -0.302. The van der Waals surface area contributed by atoms with Crippen molar-refractivity contribution in [2.24, 2.45) is 5.92 Å². The van der Waals surface area contributed by atoms with Crippen LogP contribution in [0, 0.1) is 5.92 Å². The molecule has 0 aromatic carbocycles. The lowest BCUT2D eigenvalue weighted by Crippen LogP contribution is -2.33. The first-order valence-electron chi connectivity index (χ1n) is 4.32. The maximum absolute atomic E-state index is 11.6. The average Bonchev–Trinajstić information content (AvgIpc) is 2.12. The van der Waals surface area contributed by atoms with Gasteiger partial charge in [0.05, 0.1) is 0 Å². The number of ether oxygens (including phenoxy) is 1. The van der Waals surface area contributed by atoms with Crippen LogP contribution in [0.2, 0.25) is 0 Å². The highest BCUT2D eigenvalue weighted by atomic mass is 79.9. The van der Waals surface area contributed by atoms with E-state index in [0.29, 0.717) is 6.54 Å². The summed E-state index contributed by atoms with van der Waals surface area (Å²) in [7, 11) is 0. The van der Waals surface area contributed by atoms with Gasteiger partial charge in [0.1, 0.15) is 13.2 Å². The molecule has 0 fully saturated rings. The third-order valence-electron chi connectivity index (χ3n) is 1.41. The predicted octanol–water partition coefficient (Wildman–Crippen LogP) is 1.71. The van der Waals surface area contributed by atoms with E-state index < -0.39 is 25.3 Å². The Hall–Kier alpha value is -0.300. The molecule has 0 spiro atoms. The second kappa shape index (κ2) is 7.05. The summed E-state index contributed by atoms with van der Waals surface area (Å²) in [6.07, 6.45) is -4.39. The van der Waals surface area contributed by atoms with Gasteiger partial charge < -0.3 is 10.1 Å². The smallest absolute Gasteiger partial charge is 0.362 e. The minimum Gasteiger partial charge on any atom is -0.362 e. The first-order valence-corrected chi connectivity index (χ1v) is 5.44. The minimum atomic E-state index is -4.39. The SMILES string of the molecule is CC(CBr)CNC(=O)COCC(F)(F)F. The van der Waals surface area contributed by atoms with Crippen LogP contribution >= 0.6 is 15.9 Å². The van der Waals surface area contributed by atoms with Crippen molar-refractivity contribution in [2.75, 3.05) is 25.1 Å². The van der Waals surface area contributed by atoms with Crippen molar-refractivity contribution in [1.29, 1.82) is 0 Å². The van der Waals surface area contributed by atoms with E-state index >= 15 is 0 Å². The number of rotatable bonds is 6. The van der Waals surface area contributed by atoms with E-state index in [2.05, 4.69) is 26.0 Å². The molecule has 0 saturated heterocycles. The minimum absolute atomic E-state index is 0.233. The van der Waals surface area contributed by atoms with E-state index in [-0.39, 0.29) is 5.92 Å². The van der Waals surface area contributed by atoms with E-state index in [9.17, 15) is 18.0 Å². The van der Waals surface area contributed by atoms with E-state index in [1.807, 2.05) is 6.92 Å². The maximum Gasteiger partial charge on any atom is 0.411 e. The number of nitrogens with one attached hydrogen (secondary N) is 1. The van der Waals surface area contributed by atoms with Crippen molar-refractivity contribution in [3.05, 3.63) is 0 Å². The van der Waals surface area contributed by atoms with Crippen LogP contribution in [0.5, 0.6) is 0 Å². The van der Waals surface area contributed by atoms with Crippen LogP contribution in [-0.2, 0) is 9.53 Å². The van der Waals surface area contributed by atoms with Crippen LogP contribution in [0.25, 0.3) is 0 Å². The first kappa shape index (κ1) is 14.7. The zero-order valence-corrected chi connectivity index (χ0v) is 9.82. The summed E-state index contributed by atoms with van der Waals surface area (Å²) >= 11 is 3.21. The normalized spacial score (nSPS) is 13.7. The van der Waals surface area contributed by atoms with E-state index in [4.69, 9.17) is 0 Å². The standard InChI is InChI=1S/C8H13BrF3NO2/c1-6(2-9)3-13-7(14)4-15-5-8(10,11)12/h6H,2-5H2,1H3,(H,13,14). The molecule has 0 aliphatic rings. The zero-order chi connectivity index (χ0) is 11.9. The number of alkyl halides is 4. The second-order valence-electron chi connectivity index (χ2n) is 3.17. The number of carbonyl (C=O) groups excluding carboxylic acids is 1. The fraction of sp³-hybridized carbons (Fsp3) is 0.875. The molecule has 0 aliphatic heterocycles. The summed E-state index contributed by atoms with van der Waals surface area (Å²) in [4.78, 5) is 10.9. The molecule has 1 N–H and O–H groups in total. The molecule has 1 unspecified atom stereocenters. The van der Waals surface area contributed by atoms with Crippen molar-refractivity contribution >= 4 is 21.8 Å². The van der Waals surface area contributed by atoms with E-state index in [0.717, 1.165) is 5.33 Å². The maximum atomic E-state index is 11.6. The molecule has 15 heavy (non-hydrogen) atoms. The quantitative estimate of drug-likeness (QED) is 0.757. The molecule has 1 amide bonds. The Kier molecular flexibility index (Phi) is 6.91. The molecule has 1 atom stereocenters. The summed E-state index contributed by atoms with van der Waals surface area (Å²) in [6, 6.07) is 0. The summed E-state index contributed by atoms with van der Waals surface area (Å²) in [6.45, 7) is 0.355. The molecule has 90 valence electrons. The topological polar surface area (TPSA) is 38.3 Å². The number of halogens is 4. The number of amides is 1. The molecule has 0 radical (unpaired) electrons. The average molecular weight is 292 g/mol. The molecule has 0 rings (SSSR count). The molecule has 7 heteroatoms. The molecule has 0 heterocycles. The molecular weight excluding hydrogens is 279 g/mol. The van der Waals surface area contributed by atoms with Gasteiger partial charge in [0.2, 0.25) is 5.91 Å². The van der Waals surface area contributed by atoms with Gasteiger partial charge in [-0.05, 0) is 5.92 Å². The Morgan fingerprint density at radius 3 is 2.60 bits per heavy atom. The Bertz CT molecular complexity index is 199. The van der Waals surface area contributed by atoms with Gasteiger partial charge >= 0.3 is 6.18 Å². The molecule has 3 nitrogen and oxygen atoms in total. The van der Waals surface area contributed by atoms with Crippen LogP contribution < -0.4 is 5.32 Å². The van der Waals surface area contributed by atoms with Crippen LogP contribution in [0.4, 0.5) is 13.2 Å². The van der Waals surface area contributed by atoms with Crippen molar-refractivity contribution in [3.63, 3.8) is 0 Å². The van der Waals surface area contributed by atoms with Gasteiger partial charge in [-0.3, -0.25) is 4.79 Å². The lowest BCUT2D eigenvalue weighted by atomic mass is 10.2. The highest BCUT2D eigenvalue weighted by Crippen LogP contribution is 2.13. The van der Waals surface area contributed by atoms with Crippen LogP contribution in [0.15, 0.2) is 0 Å². The molecule has 0 bridgehead atoms. The fourth-order valence-electron chi connectivity index (χ4n) is 0.653. The lowest BCUT2D eigenvalue weighted by Gasteiger charge is -2.10. The van der Waals surface area contributed by atoms with Crippen molar-refractivity contribution < 1.29 is 22.7 Å². The molecule has 0 aromatic rings. The van der Waals surface area contributed by atoms with Gasteiger partial charge in [-0.2, -0.15) is 13.2 Å². The summed E-state index contributed by atoms with van der Waals surface area (Å²) in [5, 5.41) is 3.18.